The van der Waals surface area contributed by atoms with E-state index >= 15 is 0 Å². The Kier molecular flexibility index (Phi) is 5.24. The number of hydrogen-bond acceptors (Lipinski definition) is 3. The average Bonchev–Trinajstić information content (AvgIpc) is 2.47. The summed E-state index contributed by atoms with van der Waals surface area (Å²) in [7, 11) is 0. The van der Waals surface area contributed by atoms with Crippen LogP contribution in [0.3, 0.4) is 0 Å². The molecule has 1 aromatic carbocycles. The lowest BCUT2D eigenvalue weighted by Gasteiger charge is -2.19. The maximum absolute atomic E-state index is 4.41. The fourth-order valence-corrected chi connectivity index (χ4v) is 2.44. The van der Waals surface area contributed by atoms with Crippen molar-refractivity contribution in [3.8, 4) is 0 Å². The molecule has 1 atom stereocenters. The van der Waals surface area contributed by atoms with Gasteiger partial charge in [0, 0.05) is 12.4 Å². The number of nitrogens with one attached hydrogen (secondary N) is 1. The molecule has 0 aliphatic heterocycles. The van der Waals surface area contributed by atoms with Crippen LogP contribution in [0.15, 0.2) is 36.7 Å². The second-order valence-electron chi connectivity index (χ2n) is 5.19. The molecule has 0 amide bonds. The molecule has 3 nitrogen and oxygen atoms in total. The molecule has 1 aromatic heterocycles. The van der Waals surface area contributed by atoms with Crippen molar-refractivity contribution < 1.29 is 0 Å². The van der Waals surface area contributed by atoms with E-state index < -0.39 is 0 Å². The molecule has 0 radical (unpaired) electrons. The zero-order valence-electron chi connectivity index (χ0n) is 12.6. The summed E-state index contributed by atoms with van der Waals surface area (Å²) in [6.45, 7) is 7.50. The first kappa shape index (κ1) is 14.7. The Bertz CT molecular complexity index is 517. The van der Waals surface area contributed by atoms with Crippen LogP contribution in [0.5, 0.6) is 0 Å². The minimum Gasteiger partial charge on any atom is -0.307 e. The first-order valence-electron chi connectivity index (χ1n) is 7.27. The summed E-state index contributed by atoms with van der Waals surface area (Å²) in [5, 5.41) is 3.56. The maximum Gasteiger partial charge on any atom is 0.145 e. The fourth-order valence-electron chi connectivity index (χ4n) is 2.44. The third-order valence-electron chi connectivity index (χ3n) is 3.59. The minimum absolute atomic E-state index is 0.177. The van der Waals surface area contributed by atoms with Crippen LogP contribution >= 0.6 is 0 Å². The summed E-state index contributed by atoms with van der Waals surface area (Å²) in [5.41, 5.74) is 4.07. The van der Waals surface area contributed by atoms with Crippen molar-refractivity contribution >= 4 is 0 Å². The fraction of sp³-hybridized carbons (Fsp3) is 0.412. The normalized spacial score (nSPS) is 12.3. The third kappa shape index (κ3) is 3.64. The van der Waals surface area contributed by atoms with Gasteiger partial charge in [-0.2, -0.15) is 0 Å². The third-order valence-corrected chi connectivity index (χ3v) is 3.59. The number of benzene rings is 1. The molecule has 0 bridgehead atoms. The highest BCUT2D eigenvalue weighted by Crippen LogP contribution is 2.21. The van der Waals surface area contributed by atoms with E-state index in [-0.39, 0.29) is 6.04 Å². The Hall–Kier alpha value is -1.74. The van der Waals surface area contributed by atoms with Crippen molar-refractivity contribution in [1.29, 1.82) is 0 Å². The lowest BCUT2D eigenvalue weighted by Crippen LogP contribution is -2.26. The van der Waals surface area contributed by atoms with Gasteiger partial charge in [-0.25, -0.2) is 9.97 Å². The molecular formula is C17H23N3. The summed E-state index contributed by atoms with van der Waals surface area (Å²) in [6, 6.07) is 8.49. The number of nitrogens with zero attached hydrogens (tertiary/aromatic N) is 2. The van der Waals surface area contributed by atoms with E-state index in [0.717, 1.165) is 25.2 Å². The molecule has 3 heteroatoms. The van der Waals surface area contributed by atoms with E-state index in [4.69, 9.17) is 0 Å². The van der Waals surface area contributed by atoms with Crippen molar-refractivity contribution in [3.63, 3.8) is 0 Å². The Balaban J connectivity index is 2.24. The van der Waals surface area contributed by atoms with Crippen molar-refractivity contribution in [2.45, 2.75) is 39.7 Å². The van der Waals surface area contributed by atoms with Crippen LogP contribution in [-0.4, -0.2) is 16.5 Å². The highest BCUT2D eigenvalue weighted by atomic mass is 15.0. The summed E-state index contributed by atoms with van der Waals surface area (Å²) >= 11 is 0. The van der Waals surface area contributed by atoms with Gasteiger partial charge < -0.3 is 5.32 Å². The first-order valence-corrected chi connectivity index (χ1v) is 7.27. The van der Waals surface area contributed by atoms with Gasteiger partial charge in [0.2, 0.25) is 0 Å². The smallest absolute Gasteiger partial charge is 0.145 e. The van der Waals surface area contributed by atoms with Crippen molar-refractivity contribution in [1.82, 2.24) is 15.3 Å². The van der Waals surface area contributed by atoms with E-state index in [0.29, 0.717) is 0 Å². The zero-order valence-corrected chi connectivity index (χ0v) is 12.6. The van der Waals surface area contributed by atoms with Crippen molar-refractivity contribution in [2.75, 3.05) is 6.54 Å². The summed E-state index contributed by atoms with van der Waals surface area (Å²) < 4.78 is 0. The largest absolute Gasteiger partial charge is 0.307 e. The standard InChI is InChI=1S/C17H23N3/c1-4-9-18-16(17-19-10-6-11-20-17)12-15-13(2)7-5-8-14(15)3/h5-8,10-11,16,18H,4,9,12H2,1-3H3. The molecule has 0 aliphatic carbocycles. The molecule has 2 rings (SSSR count). The molecule has 1 unspecified atom stereocenters. The van der Waals surface area contributed by atoms with Crippen molar-refractivity contribution in [2.24, 2.45) is 0 Å². The number of aryl methyl sites for hydroxylation is 2. The molecule has 1 heterocycles. The highest BCUT2D eigenvalue weighted by molar-refractivity contribution is 5.34. The monoisotopic (exact) mass is 269 g/mol. The molecule has 0 aliphatic rings. The molecular weight excluding hydrogens is 246 g/mol. The molecule has 0 saturated carbocycles. The van der Waals surface area contributed by atoms with Crippen LogP contribution in [0.4, 0.5) is 0 Å². The molecule has 20 heavy (non-hydrogen) atoms. The number of hydrogen-bond donors (Lipinski definition) is 1. The second-order valence-corrected chi connectivity index (χ2v) is 5.19. The molecule has 106 valence electrons. The molecule has 0 fully saturated rings. The lowest BCUT2D eigenvalue weighted by atomic mass is 9.96. The Morgan fingerprint density at radius 1 is 1.05 bits per heavy atom. The van der Waals surface area contributed by atoms with Gasteiger partial charge in [0.15, 0.2) is 0 Å². The lowest BCUT2D eigenvalue weighted by molar-refractivity contribution is 0.503. The van der Waals surface area contributed by atoms with Gasteiger partial charge in [0.1, 0.15) is 5.82 Å². The second kappa shape index (κ2) is 7.15. The van der Waals surface area contributed by atoms with Gasteiger partial charge in [-0.05, 0) is 56.0 Å². The summed E-state index contributed by atoms with van der Waals surface area (Å²) in [6.07, 6.45) is 5.67. The van der Waals surface area contributed by atoms with E-state index in [9.17, 15) is 0 Å². The Labute approximate surface area is 121 Å². The van der Waals surface area contributed by atoms with E-state index in [1.54, 1.807) is 0 Å². The van der Waals surface area contributed by atoms with Gasteiger partial charge in [-0.15, -0.1) is 0 Å². The van der Waals surface area contributed by atoms with Crippen LogP contribution in [0.2, 0.25) is 0 Å². The van der Waals surface area contributed by atoms with Gasteiger partial charge in [-0.3, -0.25) is 0 Å². The topological polar surface area (TPSA) is 37.8 Å². The van der Waals surface area contributed by atoms with Gasteiger partial charge >= 0.3 is 0 Å². The average molecular weight is 269 g/mol. The maximum atomic E-state index is 4.41. The van der Waals surface area contributed by atoms with Crippen LogP contribution in [-0.2, 0) is 6.42 Å². The summed E-state index contributed by atoms with van der Waals surface area (Å²) in [4.78, 5) is 8.83. The van der Waals surface area contributed by atoms with Crippen LogP contribution in [0.25, 0.3) is 0 Å². The minimum atomic E-state index is 0.177. The summed E-state index contributed by atoms with van der Waals surface area (Å²) in [5.74, 6) is 0.878. The molecule has 0 spiro atoms. The van der Waals surface area contributed by atoms with E-state index in [1.165, 1.54) is 16.7 Å². The zero-order chi connectivity index (χ0) is 14.4. The van der Waals surface area contributed by atoms with Crippen LogP contribution in [0.1, 0.15) is 41.9 Å². The number of rotatable bonds is 6. The molecule has 0 saturated heterocycles. The van der Waals surface area contributed by atoms with Gasteiger partial charge in [0.05, 0.1) is 6.04 Å². The van der Waals surface area contributed by atoms with Crippen LogP contribution in [0, 0.1) is 13.8 Å². The van der Waals surface area contributed by atoms with Gasteiger partial charge in [-0.1, -0.05) is 25.1 Å². The molecule has 1 N–H and O–H groups in total. The van der Waals surface area contributed by atoms with Crippen LogP contribution < -0.4 is 5.32 Å². The predicted molar refractivity (Wildman–Crippen MR) is 82.7 cm³/mol. The Morgan fingerprint density at radius 2 is 1.70 bits per heavy atom. The van der Waals surface area contributed by atoms with E-state index in [2.05, 4.69) is 54.3 Å². The first-order chi connectivity index (χ1) is 9.72. The Morgan fingerprint density at radius 3 is 2.30 bits per heavy atom. The quantitative estimate of drug-likeness (QED) is 0.873. The number of aromatic nitrogens is 2. The predicted octanol–water partition coefficient (Wildman–Crippen LogP) is 3.38. The van der Waals surface area contributed by atoms with Gasteiger partial charge in [0.25, 0.3) is 0 Å². The highest BCUT2D eigenvalue weighted by Gasteiger charge is 2.16. The SMILES string of the molecule is CCCNC(Cc1c(C)cccc1C)c1ncccn1. The van der Waals surface area contributed by atoms with E-state index in [1.807, 2.05) is 18.5 Å². The van der Waals surface area contributed by atoms with Crippen molar-refractivity contribution in [3.05, 3.63) is 59.2 Å². The molecule has 2 aromatic rings.